The Kier molecular flexibility index (Phi) is 4.98. The molecule has 17 heavy (non-hydrogen) atoms. The summed E-state index contributed by atoms with van der Waals surface area (Å²) in [5, 5.41) is 0. The summed E-state index contributed by atoms with van der Waals surface area (Å²) in [4.78, 5) is 0. The topological polar surface area (TPSA) is 44.5 Å². The molecular formula is C14H21NO2. The van der Waals surface area contributed by atoms with Gasteiger partial charge in [-0.2, -0.15) is 0 Å². The van der Waals surface area contributed by atoms with Crippen molar-refractivity contribution in [2.45, 2.75) is 25.6 Å². The van der Waals surface area contributed by atoms with Gasteiger partial charge in [0.05, 0.1) is 25.9 Å². The van der Waals surface area contributed by atoms with E-state index in [1.165, 1.54) is 5.56 Å². The second kappa shape index (κ2) is 6.74. The molecule has 0 amide bonds. The molecule has 94 valence electrons. The maximum Gasteiger partial charge on any atom is 0.0808 e. The molecule has 0 radical (unpaired) electrons. The van der Waals surface area contributed by atoms with Gasteiger partial charge in [0.2, 0.25) is 0 Å². The Morgan fingerprint density at radius 2 is 2.06 bits per heavy atom. The van der Waals surface area contributed by atoms with E-state index in [-0.39, 0.29) is 6.10 Å². The Morgan fingerprint density at radius 1 is 1.24 bits per heavy atom. The van der Waals surface area contributed by atoms with E-state index in [2.05, 4.69) is 12.1 Å². The van der Waals surface area contributed by atoms with Crippen molar-refractivity contribution < 1.29 is 9.47 Å². The van der Waals surface area contributed by atoms with E-state index in [1.807, 2.05) is 18.2 Å². The highest BCUT2D eigenvalue weighted by Crippen LogP contribution is 2.18. The third kappa shape index (κ3) is 4.11. The summed E-state index contributed by atoms with van der Waals surface area (Å²) in [7, 11) is 0. The van der Waals surface area contributed by atoms with Crippen molar-refractivity contribution in [1.82, 2.24) is 0 Å². The van der Waals surface area contributed by atoms with Crippen molar-refractivity contribution in [1.29, 1.82) is 0 Å². The largest absolute Gasteiger partial charge is 0.375 e. The third-order valence-electron chi connectivity index (χ3n) is 3.21. The van der Waals surface area contributed by atoms with Gasteiger partial charge in [0.1, 0.15) is 0 Å². The van der Waals surface area contributed by atoms with Gasteiger partial charge in [-0.3, -0.25) is 0 Å². The molecule has 2 N–H and O–H groups in total. The first-order valence-corrected chi connectivity index (χ1v) is 6.32. The monoisotopic (exact) mass is 235 g/mol. The van der Waals surface area contributed by atoms with Crippen molar-refractivity contribution in [3.8, 4) is 0 Å². The lowest BCUT2D eigenvalue weighted by atomic mass is 9.99. The predicted octanol–water partition coefficient (Wildman–Crippen LogP) is 1.96. The average Bonchev–Trinajstić information content (AvgIpc) is 2.41. The second-order valence-electron chi connectivity index (χ2n) is 4.64. The molecule has 3 nitrogen and oxygen atoms in total. The van der Waals surface area contributed by atoms with Crippen LogP contribution >= 0.6 is 0 Å². The normalized spacial score (nSPS) is 24.8. The molecule has 0 aliphatic carbocycles. The molecule has 0 bridgehead atoms. The summed E-state index contributed by atoms with van der Waals surface area (Å²) in [5.41, 5.74) is 6.82. The fourth-order valence-corrected chi connectivity index (χ4v) is 2.06. The predicted molar refractivity (Wildman–Crippen MR) is 67.6 cm³/mol. The summed E-state index contributed by atoms with van der Waals surface area (Å²) < 4.78 is 11.4. The van der Waals surface area contributed by atoms with Crippen LogP contribution in [0.3, 0.4) is 0 Å². The molecule has 1 heterocycles. The first kappa shape index (κ1) is 12.6. The zero-order valence-corrected chi connectivity index (χ0v) is 10.2. The maximum atomic E-state index is 5.71. The maximum absolute atomic E-state index is 5.71. The van der Waals surface area contributed by atoms with Crippen LogP contribution < -0.4 is 5.73 Å². The molecule has 0 spiro atoms. The van der Waals surface area contributed by atoms with E-state index in [0.29, 0.717) is 19.1 Å². The number of nitrogens with two attached hydrogens (primary N) is 1. The highest BCUT2D eigenvalue weighted by atomic mass is 16.5. The van der Waals surface area contributed by atoms with Gasteiger partial charge in [-0.1, -0.05) is 30.3 Å². The number of hydrogen-bond donors (Lipinski definition) is 1. The molecule has 2 unspecified atom stereocenters. The van der Waals surface area contributed by atoms with Crippen LogP contribution in [0.5, 0.6) is 0 Å². The van der Waals surface area contributed by atoms with Crippen molar-refractivity contribution in [3.05, 3.63) is 35.9 Å². The number of ether oxygens (including phenoxy) is 2. The molecule has 1 aromatic rings. The van der Waals surface area contributed by atoms with E-state index in [9.17, 15) is 0 Å². The average molecular weight is 235 g/mol. The Balaban J connectivity index is 1.63. The van der Waals surface area contributed by atoms with E-state index >= 15 is 0 Å². The summed E-state index contributed by atoms with van der Waals surface area (Å²) in [6.07, 6.45) is 2.48. The van der Waals surface area contributed by atoms with Crippen LogP contribution in [0, 0.1) is 5.92 Å². The van der Waals surface area contributed by atoms with Gasteiger partial charge < -0.3 is 15.2 Å². The smallest absolute Gasteiger partial charge is 0.0808 e. The molecule has 1 saturated heterocycles. The molecule has 1 aromatic carbocycles. The number of rotatable bonds is 5. The molecule has 1 aliphatic rings. The summed E-state index contributed by atoms with van der Waals surface area (Å²) in [6, 6.07) is 10.2. The molecule has 2 rings (SSSR count). The lowest BCUT2D eigenvalue weighted by molar-refractivity contribution is -0.0626. The van der Waals surface area contributed by atoms with Crippen LogP contribution in [0.15, 0.2) is 30.3 Å². The standard InChI is InChI=1S/C14H21NO2/c15-8-13-6-7-14(17-10-13)11-16-9-12-4-2-1-3-5-12/h1-5,13-14H,6-11,15H2. The molecular weight excluding hydrogens is 214 g/mol. The second-order valence-corrected chi connectivity index (χ2v) is 4.64. The molecule has 0 aromatic heterocycles. The van der Waals surface area contributed by atoms with Crippen LogP contribution in [0.2, 0.25) is 0 Å². The minimum atomic E-state index is 0.251. The Morgan fingerprint density at radius 3 is 2.71 bits per heavy atom. The van der Waals surface area contributed by atoms with Crippen molar-refractivity contribution in [2.75, 3.05) is 19.8 Å². The van der Waals surface area contributed by atoms with E-state index < -0.39 is 0 Å². The van der Waals surface area contributed by atoms with Crippen molar-refractivity contribution >= 4 is 0 Å². The van der Waals surface area contributed by atoms with Crippen LogP contribution in [0.1, 0.15) is 18.4 Å². The van der Waals surface area contributed by atoms with Crippen molar-refractivity contribution in [2.24, 2.45) is 11.7 Å². The van der Waals surface area contributed by atoms with Crippen LogP contribution in [-0.4, -0.2) is 25.9 Å². The van der Waals surface area contributed by atoms with Gasteiger partial charge in [0.25, 0.3) is 0 Å². The Bertz CT molecular complexity index is 307. The summed E-state index contributed by atoms with van der Waals surface area (Å²) in [5.74, 6) is 0.542. The van der Waals surface area contributed by atoms with Gasteiger partial charge in [-0.15, -0.1) is 0 Å². The third-order valence-corrected chi connectivity index (χ3v) is 3.21. The first-order chi connectivity index (χ1) is 8.38. The fourth-order valence-electron chi connectivity index (χ4n) is 2.06. The number of benzene rings is 1. The van der Waals surface area contributed by atoms with Gasteiger partial charge in [-0.25, -0.2) is 0 Å². The lowest BCUT2D eigenvalue weighted by Gasteiger charge is -2.28. The molecule has 0 saturated carbocycles. The quantitative estimate of drug-likeness (QED) is 0.848. The summed E-state index contributed by atoms with van der Waals surface area (Å²) >= 11 is 0. The van der Waals surface area contributed by atoms with E-state index in [1.54, 1.807) is 0 Å². The first-order valence-electron chi connectivity index (χ1n) is 6.32. The van der Waals surface area contributed by atoms with E-state index in [0.717, 1.165) is 26.0 Å². The van der Waals surface area contributed by atoms with Crippen LogP contribution in [0.25, 0.3) is 0 Å². The van der Waals surface area contributed by atoms with Gasteiger partial charge in [0.15, 0.2) is 0 Å². The minimum Gasteiger partial charge on any atom is -0.375 e. The molecule has 1 fully saturated rings. The lowest BCUT2D eigenvalue weighted by Crippen LogP contribution is -2.32. The Labute approximate surface area is 103 Å². The highest BCUT2D eigenvalue weighted by Gasteiger charge is 2.20. The molecule has 3 heteroatoms. The van der Waals surface area contributed by atoms with E-state index in [4.69, 9.17) is 15.2 Å². The van der Waals surface area contributed by atoms with Crippen LogP contribution in [0.4, 0.5) is 0 Å². The SMILES string of the molecule is NCC1CCC(COCc2ccccc2)OC1. The number of hydrogen-bond acceptors (Lipinski definition) is 3. The Hall–Kier alpha value is -0.900. The van der Waals surface area contributed by atoms with Crippen molar-refractivity contribution in [3.63, 3.8) is 0 Å². The molecule has 2 atom stereocenters. The molecule has 1 aliphatic heterocycles. The van der Waals surface area contributed by atoms with Gasteiger partial charge >= 0.3 is 0 Å². The highest BCUT2D eigenvalue weighted by molar-refractivity contribution is 5.13. The van der Waals surface area contributed by atoms with Gasteiger partial charge in [-0.05, 0) is 30.9 Å². The zero-order chi connectivity index (χ0) is 11.9. The zero-order valence-electron chi connectivity index (χ0n) is 10.2. The minimum absolute atomic E-state index is 0.251. The fraction of sp³-hybridized carbons (Fsp3) is 0.571. The van der Waals surface area contributed by atoms with Crippen LogP contribution in [-0.2, 0) is 16.1 Å². The van der Waals surface area contributed by atoms with Gasteiger partial charge in [0, 0.05) is 0 Å². The summed E-state index contributed by atoms with van der Waals surface area (Å²) in [6.45, 7) is 2.88.